The monoisotopic (exact) mass is 607 g/mol. The first-order chi connectivity index (χ1) is 19.8. The number of aryl methyl sites for hydroxylation is 1. The highest BCUT2D eigenvalue weighted by Gasteiger charge is 2.56. The zero-order valence-electron chi connectivity index (χ0n) is 22.3. The lowest BCUT2D eigenvalue weighted by atomic mass is 9.59. The molecule has 6 nitrogen and oxygen atoms in total. The number of benzene rings is 3. The van der Waals surface area contributed by atoms with E-state index in [1.165, 1.54) is 11.0 Å². The predicted molar refractivity (Wildman–Crippen MR) is 159 cm³/mol. The molecule has 7 rings (SSSR count). The summed E-state index contributed by atoms with van der Waals surface area (Å²) in [5, 5.41) is 13.0. The van der Waals surface area contributed by atoms with Crippen molar-refractivity contribution in [1.82, 2.24) is 0 Å². The van der Waals surface area contributed by atoms with Gasteiger partial charge in [-0.2, -0.15) is 0 Å². The first-order valence-corrected chi connectivity index (χ1v) is 14.7. The van der Waals surface area contributed by atoms with Gasteiger partial charge in [0.25, 0.3) is 0 Å². The number of nitrogens with zero attached hydrogens (tertiary/aromatic N) is 1. The van der Waals surface area contributed by atoms with Gasteiger partial charge in [0.05, 0.1) is 22.0 Å². The molecule has 0 radical (unpaired) electrons. The number of imide groups is 1. The van der Waals surface area contributed by atoms with E-state index in [9.17, 15) is 24.3 Å². The molecule has 1 heterocycles. The molecule has 4 atom stereocenters. The molecule has 3 aromatic rings. The summed E-state index contributed by atoms with van der Waals surface area (Å²) < 4.78 is 0.175. The van der Waals surface area contributed by atoms with Gasteiger partial charge < -0.3 is 5.11 Å². The average Bonchev–Trinajstić information content (AvgIpc) is 3.25. The van der Waals surface area contributed by atoms with Gasteiger partial charge in [0.15, 0.2) is 11.6 Å². The van der Waals surface area contributed by atoms with Crippen LogP contribution in [-0.4, -0.2) is 28.5 Å². The molecule has 0 aromatic heterocycles. The van der Waals surface area contributed by atoms with Gasteiger partial charge in [0.1, 0.15) is 5.75 Å². The summed E-state index contributed by atoms with van der Waals surface area (Å²) in [6, 6.07) is 18.6. The number of fused-ring (bicyclic) bond motifs is 4. The van der Waals surface area contributed by atoms with Crippen molar-refractivity contribution in [2.75, 3.05) is 4.90 Å². The molecule has 1 saturated heterocycles. The number of rotatable bonds is 3. The lowest BCUT2D eigenvalue weighted by Crippen LogP contribution is -2.39. The maximum absolute atomic E-state index is 14.1. The van der Waals surface area contributed by atoms with Crippen molar-refractivity contribution in [3.63, 3.8) is 0 Å². The normalized spacial score (nSPS) is 25.7. The number of amides is 2. The van der Waals surface area contributed by atoms with Crippen LogP contribution in [0.1, 0.15) is 36.8 Å². The smallest absolute Gasteiger partial charge is 0.238 e. The number of carbonyl (C=O) groups excluding carboxylic acids is 4. The van der Waals surface area contributed by atoms with E-state index in [0.717, 1.165) is 22.9 Å². The Morgan fingerprint density at radius 2 is 1.68 bits per heavy atom. The molecule has 2 amide bonds. The Balaban J connectivity index is 1.38. The molecule has 0 saturated carbocycles. The summed E-state index contributed by atoms with van der Waals surface area (Å²) in [5.41, 5.74) is 3.67. The van der Waals surface area contributed by atoms with Gasteiger partial charge in [0, 0.05) is 34.1 Å². The standard InChI is InChI=1S/C34H26BrNO5/c1-2-17-7-10-19(11-8-17)36-33(40)23-14-13-21-24(29(23)34(36)41)15-25-30(27(37)16-26(35)32(25)39)28(21)22-12-9-18-5-3-4-6-20(18)31(22)38/h3-13,16,23-24,28-29,38H,2,14-15H2,1H3/t23-,24+,28+,29-/m0/s1. The third-order valence-corrected chi connectivity index (χ3v) is 9.77. The van der Waals surface area contributed by atoms with Crippen molar-refractivity contribution in [1.29, 1.82) is 0 Å². The quantitative estimate of drug-likeness (QED) is 0.221. The fraction of sp³-hybridized carbons (Fsp3) is 0.235. The van der Waals surface area contributed by atoms with Crippen LogP contribution in [0, 0.1) is 17.8 Å². The Morgan fingerprint density at radius 3 is 2.44 bits per heavy atom. The Kier molecular flexibility index (Phi) is 5.98. The van der Waals surface area contributed by atoms with Crippen LogP contribution in [0.25, 0.3) is 10.8 Å². The predicted octanol–water partition coefficient (Wildman–Crippen LogP) is 6.07. The van der Waals surface area contributed by atoms with Crippen LogP contribution in [0.5, 0.6) is 5.75 Å². The van der Waals surface area contributed by atoms with Crippen molar-refractivity contribution in [3.05, 3.63) is 105 Å². The first kappa shape index (κ1) is 25.8. The van der Waals surface area contributed by atoms with Crippen molar-refractivity contribution >= 4 is 55.8 Å². The number of Topliss-reactive ketones (excluding diaryl/α,β-unsaturated/α-hetero) is 1. The molecule has 1 fully saturated rings. The van der Waals surface area contributed by atoms with Crippen LogP contribution in [0.4, 0.5) is 5.69 Å². The first-order valence-electron chi connectivity index (χ1n) is 13.9. The molecule has 4 aliphatic rings. The second-order valence-electron chi connectivity index (χ2n) is 11.2. The molecule has 0 unspecified atom stereocenters. The van der Waals surface area contributed by atoms with E-state index < -0.39 is 23.7 Å². The molecule has 3 aliphatic carbocycles. The van der Waals surface area contributed by atoms with Gasteiger partial charge in [0.2, 0.25) is 11.8 Å². The van der Waals surface area contributed by atoms with Gasteiger partial charge in [-0.05, 0) is 64.2 Å². The lowest BCUT2D eigenvalue weighted by molar-refractivity contribution is -0.123. The van der Waals surface area contributed by atoms with E-state index in [-0.39, 0.29) is 40.0 Å². The van der Waals surface area contributed by atoms with Gasteiger partial charge in [-0.3, -0.25) is 24.1 Å². The van der Waals surface area contributed by atoms with Crippen LogP contribution < -0.4 is 4.90 Å². The highest BCUT2D eigenvalue weighted by atomic mass is 79.9. The fourth-order valence-electron chi connectivity index (χ4n) is 7.20. The van der Waals surface area contributed by atoms with Gasteiger partial charge in [-0.25, -0.2) is 0 Å². The minimum Gasteiger partial charge on any atom is -0.507 e. The maximum Gasteiger partial charge on any atom is 0.238 e. The SMILES string of the molecule is CCc1ccc(N2C(=O)[C@H]3[C@H](CC=C4[C@H](c5ccc6ccccc6c5O)C5=C(C[C@H]43)C(=O)C(Br)=CC5=O)C2=O)cc1. The number of ketones is 2. The number of phenolic OH excluding ortho intramolecular Hbond substituents is 1. The van der Waals surface area contributed by atoms with Crippen LogP contribution in [0.15, 0.2) is 94.0 Å². The second-order valence-corrected chi connectivity index (χ2v) is 12.0. The van der Waals surface area contributed by atoms with Gasteiger partial charge in [-0.15, -0.1) is 0 Å². The Hall–Kier alpha value is -4.10. The van der Waals surface area contributed by atoms with Crippen molar-refractivity contribution in [2.45, 2.75) is 32.1 Å². The zero-order chi connectivity index (χ0) is 28.6. The van der Waals surface area contributed by atoms with Crippen molar-refractivity contribution < 1.29 is 24.3 Å². The highest BCUT2D eigenvalue weighted by Crippen LogP contribution is 2.57. The molecule has 1 N–H and O–H groups in total. The largest absolute Gasteiger partial charge is 0.507 e. The summed E-state index contributed by atoms with van der Waals surface area (Å²) in [6.45, 7) is 2.05. The molecule has 1 aliphatic heterocycles. The lowest BCUT2D eigenvalue weighted by Gasteiger charge is -2.42. The topological polar surface area (TPSA) is 91.8 Å². The molecule has 0 bridgehead atoms. The summed E-state index contributed by atoms with van der Waals surface area (Å²) in [5.74, 6) is -3.45. The van der Waals surface area contributed by atoms with Crippen LogP contribution in [-0.2, 0) is 25.6 Å². The maximum atomic E-state index is 14.1. The number of halogens is 1. The summed E-state index contributed by atoms with van der Waals surface area (Å²) in [4.78, 5) is 56.0. The minimum absolute atomic E-state index is 0.0453. The van der Waals surface area contributed by atoms with E-state index in [4.69, 9.17) is 0 Å². The second kappa shape index (κ2) is 9.48. The van der Waals surface area contributed by atoms with Crippen molar-refractivity contribution in [3.8, 4) is 5.75 Å². The molecular formula is C34H26BrNO5. The molecular weight excluding hydrogens is 582 g/mol. The third kappa shape index (κ3) is 3.75. The summed E-state index contributed by atoms with van der Waals surface area (Å²) in [7, 11) is 0. The van der Waals surface area contributed by atoms with E-state index >= 15 is 0 Å². The van der Waals surface area contributed by atoms with Crippen LogP contribution >= 0.6 is 15.9 Å². The number of anilines is 1. The number of hydrogen-bond acceptors (Lipinski definition) is 5. The number of phenols is 1. The van der Waals surface area contributed by atoms with E-state index in [1.807, 2.05) is 67.6 Å². The highest BCUT2D eigenvalue weighted by molar-refractivity contribution is 9.12. The number of aromatic hydroxyl groups is 1. The van der Waals surface area contributed by atoms with E-state index in [1.54, 1.807) is 6.07 Å². The van der Waals surface area contributed by atoms with Gasteiger partial charge in [-0.1, -0.05) is 67.1 Å². The Bertz CT molecular complexity index is 1800. The zero-order valence-corrected chi connectivity index (χ0v) is 23.9. The molecule has 41 heavy (non-hydrogen) atoms. The Labute approximate surface area is 245 Å². The number of hydrogen-bond donors (Lipinski definition) is 1. The number of carbonyl (C=O) groups is 4. The van der Waals surface area contributed by atoms with Crippen molar-refractivity contribution in [2.24, 2.45) is 17.8 Å². The summed E-state index contributed by atoms with van der Waals surface area (Å²) >= 11 is 3.26. The molecule has 3 aromatic carbocycles. The average molecular weight is 608 g/mol. The molecule has 204 valence electrons. The fourth-order valence-corrected chi connectivity index (χ4v) is 7.65. The third-order valence-electron chi connectivity index (χ3n) is 9.18. The summed E-state index contributed by atoms with van der Waals surface area (Å²) in [6.07, 6.45) is 4.64. The minimum atomic E-state index is -0.705. The molecule has 0 spiro atoms. The number of allylic oxidation sites excluding steroid dienone is 6. The van der Waals surface area contributed by atoms with E-state index in [2.05, 4.69) is 15.9 Å². The van der Waals surface area contributed by atoms with E-state index in [0.29, 0.717) is 34.2 Å². The molecule has 7 heteroatoms. The van der Waals surface area contributed by atoms with Crippen LogP contribution in [0.2, 0.25) is 0 Å². The van der Waals surface area contributed by atoms with Crippen LogP contribution in [0.3, 0.4) is 0 Å². The van der Waals surface area contributed by atoms with Gasteiger partial charge >= 0.3 is 0 Å². The Morgan fingerprint density at radius 1 is 0.927 bits per heavy atom.